The molecule has 1 amide bonds. The van der Waals surface area contributed by atoms with E-state index < -0.39 is 18.0 Å². The summed E-state index contributed by atoms with van der Waals surface area (Å²) in [6.45, 7) is 5.45. The van der Waals surface area contributed by atoms with Crippen LogP contribution in [0.5, 0.6) is 0 Å². The Labute approximate surface area is 162 Å². The van der Waals surface area contributed by atoms with E-state index in [1.807, 2.05) is 32.0 Å². The van der Waals surface area contributed by atoms with Crippen molar-refractivity contribution in [1.82, 2.24) is 0 Å². The molecule has 0 aliphatic heterocycles. The average Bonchev–Trinajstić information content (AvgIpc) is 3.08. The predicted molar refractivity (Wildman–Crippen MR) is 105 cm³/mol. The SMILES string of the molecule is Cc1ccc2c(CC(=O)O[C@@H](C)C(=O)Nc3ccccc3C#N)coc2c1C. The molecule has 0 saturated heterocycles. The summed E-state index contributed by atoms with van der Waals surface area (Å²) in [6.07, 6.45) is 0.551. The van der Waals surface area contributed by atoms with Crippen molar-refractivity contribution in [3.8, 4) is 6.07 Å². The molecular formula is C22H20N2O4. The van der Waals surface area contributed by atoms with Crippen LogP contribution in [0.1, 0.15) is 29.2 Å². The van der Waals surface area contributed by atoms with E-state index in [1.54, 1.807) is 30.5 Å². The number of hydrogen-bond acceptors (Lipinski definition) is 5. The third kappa shape index (κ3) is 3.89. The number of nitrogens with one attached hydrogen (secondary N) is 1. The molecule has 0 fully saturated rings. The molecule has 1 atom stereocenters. The molecule has 1 N–H and O–H groups in total. The minimum absolute atomic E-state index is 0.00189. The highest BCUT2D eigenvalue weighted by Gasteiger charge is 2.20. The van der Waals surface area contributed by atoms with Crippen molar-refractivity contribution < 1.29 is 18.7 Å². The highest BCUT2D eigenvalue weighted by atomic mass is 16.5. The largest absolute Gasteiger partial charge is 0.464 e. The first-order valence-corrected chi connectivity index (χ1v) is 8.86. The first-order valence-electron chi connectivity index (χ1n) is 8.86. The van der Waals surface area contributed by atoms with E-state index in [0.717, 1.165) is 22.1 Å². The highest BCUT2D eigenvalue weighted by molar-refractivity contribution is 5.96. The van der Waals surface area contributed by atoms with Crippen LogP contribution in [0.3, 0.4) is 0 Å². The smallest absolute Gasteiger partial charge is 0.311 e. The van der Waals surface area contributed by atoms with Gasteiger partial charge in [-0.25, -0.2) is 0 Å². The Morgan fingerprint density at radius 1 is 1.21 bits per heavy atom. The van der Waals surface area contributed by atoms with Gasteiger partial charge in [-0.1, -0.05) is 24.3 Å². The molecule has 28 heavy (non-hydrogen) atoms. The number of fused-ring (bicyclic) bond motifs is 1. The lowest BCUT2D eigenvalue weighted by molar-refractivity contribution is -0.152. The fraction of sp³-hybridized carbons (Fsp3) is 0.227. The zero-order valence-electron chi connectivity index (χ0n) is 15.9. The number of aryl methyl sites for hydroxylation is 2. The number of furan rings is 1. The molecule has 2 aromatic carbocycles. The minimum Gasteiger partial charge on any atom is -0.464 e. The maximum Gasteiger partial charge on any atom is 0.311 e. The van der Waals surface area contributed by atoms with E-state index in [-0.39, 0.29) is 6.42 Å². The van der Waals surface area contributed by atoms with Gasteiger partial charge in [0.2, 0.25) is 0 Å². The monoisotopic (exact) mass is 376 g/mol. The van der Waals surface area contributed by atoms with Gasteiger partial charge >= 0.3 is 5.97 Å². The summed E-state index contributed by atoms with van der Waals surface area (Å²) in [4.78, 5) is 24.6. The second-order valence-corrected chi connectivity index (χ2v) is 6.60. The number of anilines is 1. The topological polar surface area (TPSA) is 92.3 Å². The average molecular weight is 376 g/mol. The van der Waals surface area contributed by atoms with Crippen LogP contribution in [-0.4, -0.2) is 18.0 Å². The summed E-state index contributed by atoms with van der Waals surface area (Å²) in [7, 11) is 0. The van der Waals surface area contributed by atoms with Crippen LogP contribution in [0.2, 0.25) is 0 Å². The molecule has 0 aliphatic carbocycles. The van der Waals surface area contributed by atoms with Gasteiger partial charge in [0.25, 0.3) is 5.91 Å². The molecule has 1 heterocycles. The maximum absolute atomic E-state index is 12.3. The molecule has 3 aromatic rings. The fourth-order valence-electron chi connectivity index (χ4n) is 2.90. The van der Waals surface area contributed by atoms with Gasteiger partial charge < -0.3 is 14.5 Å². The summed E-state index contributed by atoms with van der Waals surface area (Å²) in [5.41, 5.74) is 4.32. The minimum atomic E-state index is -0.999. The standard InChI is InChI=1S/C22H20N2O4/c1-13-8-9-18-17(12-27-21(18)14(13)2)10-20(25)28-15(3)22(26)24-19-7-5-4-6-16(19)11-23/h4-9,12,15H,10H2,1-3H3,(H,24,26)/t15-/m0/s1. The van der Waals surface area contributed by atoms with Crippen LogP contribution in [0.25, 0.3) is 11.0 Å². The number of carbonyl (C=O) groups excluding carboxylic acids is 2. The Bertz CT molecular complexity index is 1090. The Kier molecular flexibility index (Phi) is 5.46. The van der Waals surface area contributed by atoms with Gasteiger partial charge in [-0.15, -0.1) is 0 Å². The zero-order valence-corrected chi connectivity index (χ0v) is 15.9. The van der Waals surface area contributed by atoms with Crippen molar-refractivity contribution in [1.29, 1.82) is 5.26 Å². The number of rotatable bonds is 5. The molecule has 0 unspecified atom stereocenters. The lowest BCUT2D eigenvalue weighted by Gasteiger charge is -2.14. The molecule has 0 saturated carbocycles. The molecule has 0 spiro atoms. The van der Waals surface area contributed by atoms with Crippen LogP contribution in [0.15, 0.2) is 47.1 Å². The van der Waals surface area contributed by atoms with Gasteiger partial charge in [-0.2, -0.15) is 5.26 Å². The molecule has 0 radical (unpaired) electrons. The molecular weight excluding hydrogens is 356 g/mol. The van der Waals surface area contributed by atoms with Gasteiger partial charge in [-0.05, 0) is 44.0 Å². The van der Waals surface area contributed by atoms with Crippen LogP contribution < -0.4 is 5.32 Å². The van der Waals surface area contributed by atoms with E-state index in [0.29, 0.717) is 16.8 Å². The maximum atomic E-state index is 12.3. The van der Waals surface area contributed by atoms with Crippen molar-refractivity contribution in [3.05, 3.63) is 64.9 Å². The summed E-state index contributed by atoms with van der Waals surface area (Å²) in [5.74, 6) is -1.03. The second kappa shape index (κ2) is 7.97. The number of carbonyl (C=O) groups is 2. The van der Waals surface area contributed by atoms with Crippen molar-refractivity contribution in [2.24, 2.45) is 0 Å². The van der Waals surface area contributed by atoms with Crippen molar-refractivity contribution in [2.75, 3.05) is 5.32 Å². The van der Waals surface area contributed by atoms with Gasteiger partial charge in [0, 0.05) is 10.9 Å². The lowest BCUT2D eigenvalue weighted by atomic mass is 10.0. The quantitative estimate of drug-likeness (QED) is 0.679. The Morgan fingerprint density at radius 3 is 2.71 bits per heavy atom. The third-order valence-corrected chi connectivity index (χ3v) is 4.66. The first-order chi connectivity index (χ1) is 13.4. The second-order valence-electron chi connectivity index (χ2n) is 6.60. The van der Waals surface area contributed by atoms with Crippen LogP contribution >= 0.6 is 0 Å². The van der Waals surface area contributed by atoms with Crippen LogP contribution in [-0.2, 0) is 20.7 Å². The summed E-state index contributed by atoms with van der Waals surface area (Å²) in [5, 5.41) is 12.6. The Hall–Kier alpha value is -3.59. The van der Waals surface area contributed by atoms with Crippen LogP contribution in [0.4, 0.5) is 5.69 Å². The molecule has 6 nitrogen and oxygen atoms in total. The first kappa shape index (κ1) is 19.2. The normalized spacial score (nSPS) is 11.6. The number of amides is 1. The van der Waals surface area contributed by atoms with Gasteiger partial charge in [-0.3, -0.25) is 9.59 Å². The summed E-state index contributed by atoms with van der Waals surface area (Å²) < 4.78 is 10.9. The predicted octanol–water partition coefficient (Wildman–Crippen LogP) is 4.03. The number of ether oxygens (including phenoxy) is 1. The summed E-state index contributed by atoms with van der Waals surface area (Å²) >= 11 is 0. The summed E-state index contributed by atoms with van der Waals surface area (Å²) in [6, 6.07) is 12.5. The Morgan fingerprint density at radius 2 is 1.96 bits per heavy atom. The van der Waals surface area contributed by atoms with Crippen LogP contribution in [0, 0.1) is 25.2 Å². The molecule has 3 rings (SSSR count). The lowest BCUT2D eigenvalue weighted by Crippen LogP contribution is -2.30. The number of para-hydroxylation sites is 1. The molecule has 0 bridgehead atoms. The van der Waals surface area contributed by atoms with Crippen molar-refractivity contribution in [3.63, 3.8) is 0 Å². The number of esters is 1. The number of nitrogens with zero attached hydrogens (tertiary/aromatic N) is 1. The fourth-order valence-corrected chi connectivity index (χ4v) is 2.90. The van der Waals surface area contributed by atoms with Gasteiger partial charge in [0.15, 0.2) is 6.10 Å². The molecule has 1 aromatic heterocycles. The molecule has 142 valence electrons. The number of benzene rings is 2. The number of nitriles is 1. The third-order valence-electron chi connectivity index (χ3n) is 4.66. The van der Waals surface area contributed by atoms with Gasteiger partial charge in [0.05, 0.1) is 23.9 Å². The van der Waals surface area contributed by atoms with Crippen molar-refractivity contribution in [2.45, 2.75) is 33.3 Å². The number of hydrogen-bond donors (Lipinski definition) is 1. The van der Waals surface area contributed by atoms with E-state index in [2.05, 4.69) is 5.32 Å². The van der Waals surface area contributed by atoms with E-state index >= 15 is 0 Å². The van der Waals surface area contributed by atoms with E-state index in [9.17, 15) is 9.59 Å². The van der Waals surface area contributed by atoms with E-state index in [1.165, 1.54) is 6.92 Å². The van der Waals surface area contributed by atoms with Gasteiger partial charge in [0.1, 0.15) is 11.7 Å². The zero-order chi connectivity index (χ0) is 20.3. The molecule has 6 heteroatoms. The molecule has 0 aliphatic rings. The Balaban J connectivity index is 1.65. The van der Waals surface area contributed by atoms with E-state index in [4.69, 9.17) is 14.4 Å². The van der Waals surface area contributed by atoms with Crippen molar-refractivity contribution >= 4 is 28.5 Å². The highest BCUT2D eigenvalue weighted by Crippen LogP contribution is 2.27.